The third kappa shape index (κ3) is 5.97. The van der Waals surface area contributed by atoms with Gasteiger partial charge in [0, 0.05) is 17.0 Å². The largest absolute Gasteiger partial charge is 0.204 e. The molecule has 0 aliphatic carbocycles. The predicted molar refractivity (Wildman–Crippen MR) is 131 cm³/mol. The van der Waals surface area contributed by atoms with Crippen LogP contribution in [0.15, 0.2) is 103 Å². The van der Waals surface area contributed by atoms with Crippen molar-refractivity contribution < 1.29 is 26.5 Å². The van der Waals surface area contributed by atoms with E-state index in [-0.39, 0.29) is 6.32 Å². The second kappa shape index (κ2) is 11.6. The summed E-state index contributed by atoms with van der Waals surface area (Å²) in [5.41, 5.74) is 1.12. The van der Waals surface area contributed by atoms with Crippen molar-refractivity contribution in [2.24, 2.45) is 0 Å². The van der Waals surface area contributed by atoms with E-state index in [1.807, 2.05) is 0 Å². The number of halogens is 5. The van der Waals surface area contributed by atoms with Gasteiger partial charge in [0.1, 0.15) is 0 Å². The Morgan fingerprint density at radius 3 is 1.64 bits per heavy atom. The first-order valence-corrected chi connectivity index (χ1v) is 11.2. The van der Waals surface area contributed by atoms with Crippen LogP contribution in [0.5, 0.6) is 0 Å². The molecule has 0 aliphatic heterocycles. The van der Waals surface area contributed by atoms with Crippen LogP contribution in [0.25, 0.3) is 10.8 Å². The summed E-state index contributed by atoms with van der Waals surface area (Å²) in [6.07, 6.45) is 4.40. The van der Waals surface area contributed by atoms with Crippen molar-refractivity contribution in [3.8, 4) is 0 Å². The zero-order valence-electron chi connectivity index (χ0n) is 19.1. The average Bonchev–Trinajstić information content (AvgIpc) is 2.92. The number of nitrogens with zero attached hydrogens (tertiary/aromatic N) is 1. The lowest BCUT2D eigenvalue weighted by Gasteiger charge is -2.07. The maximum absolute atomic E-state index is 13.4. The van der Waals surface area contributed by atoms with Gasteiger partial charge in [-0.05, 0) is 23.2 Å². The molecule has 0 saturated heterocycles. The van der Waals surface area contributed by atoms with Crippen LogP contribution in [0, 0.1) is 29.1 Å². The maximum Gasteiger partial charge on any atom is 0.200 e. The Hall–Kier alpha value is -4.00. The van der Waals surface area contributed by atoms with E-state index in [1.54, 1.807) is 30.3 Å². The number of hydrogen-bond acceptors (Lipinski definition) is 0. The van der Waals surface area contributed by atoms with Crippen LogP contribution in [0.1, 0.15) is 11.1 Å². The first-order chi connectivity index (χ1) is 17.4. The molecule has 4 aromatic carbocycles. The molecule has 5 rings (SSSR count). The molecule has 0 saturated carbocycles. The number of fused-ring (bicyclic) bond motifs is 1. The van der Waals surface area contributed by atoms with E-state index in [2.05, 4.69) is 77.6 Å². The summed E-state index contributed by atoms with van der Waals surface area (Å²) in [7, 11) is 0.978. The lowest BCUT2D eigenvalue weighted by Crippen LogP contribution is -2.33. The summed E-state index contributed by atoms with van der Waals surface area (Å²) >= 11 is 0. The summed E-state index contributed by atoms with van der Waals surface area (Å²) in [5, 5.41) is 2.57. The molecular weight excluding hydrogens is 468 g/mol. The first kappa shape index (κ1) is 25.1. The quantitative estimate of drug-likeness (QED) is 0.0926. The van der Waals surface area contributed by atoms with E-state index >= 15 is 0 Å². The molecule has 0 unspecified atom stereocenters. The van der Waals surface area contributed by atoms with E-state index in [0.717, 1.165) is 13.8 Å². The minimum atomic E-state index is -2.15. The van der Waals surface area contributed by atoms with Crippen LogP contribution in [0.3, 0.4) is 0 Å². The topological polar surface area (TPSA) is 3.88 Å². The fraction of sp³-hybridized carbons (Fsp3) is 0.0690. The van der Waals surface area contributed by atoms with E-state index in [9.17, 15) is 22.0 Å². The van der Waals surface area contributed by atoms with E-state index in [0.29, 0.717) is 5.56 Å². The van der Waals surface area contributed by atoms with Gasteiger partial charge in [-0.25, -0.2) is 26.5 Å². The second-order valence-corrected chi connectivity index (χ2v) is 8.11. The highest BCUT2D eigenvalue weighted by molar-refractivity contribution is 6.53. The highest BCUT2D eigenvalue weighted by atomic mass is 19.2. The van der Waals surface area contributed by atoms with Gasteiger partial charge in [-0.1, -0.05) is 84.4 Å². The molecular formula is C29H21BF5N+. The van der Waals surface area contributed by atoms with Gasteiger partial charge in [-0.2, -0.15) is 0 Å². The molecule has 0 amide bonds. The Morgan fingerprint density at radius 2 is 1.03 bits per heavy atom. The molecule has 179 valence electrons. The van der Waals surface area contributed by atoms with Gasteiger partial charge in [-0.15, -0.1) is 0 Å². The molecule has 0 spiro atoms. The molecule has 0 aliphatic rings. The molecule has 7 heteroatoms. The average molecular weight is 489 g/mol. The summed E-state index contributed by atoms with van der Waals surface area (Å²) in [6.45, 7) is 0.922. The lowest BCUT2D eigenvalue weighted by molar-refractivity contribution is -0.687. The Labute approximate surface area is 206 Å². The standard InChI is InChI=1S/C16H14N.C13H7BF5/c1-2-6-14(7-3-1)12-17-11-10-15-8-4-5-9-16(15)13-17;15-9-8(10(16)12(18)13(19)11(9)17)14-6-7-4-2-1-3-5-7/h1-11,13H,12H2;1-5H,6H2/q+1;. The Balaban J connectivity index is 0.000000170. The lowest BCUT2D eigenvalue weighted by atomic mass is 9.64. The SMILES string of the molecule is Fc1c(F)c(F)c([B]Cc2ccccc2)c(F)c1F.c1ccc(C[n+]2ccc3ccccc3c2)cc1. The molecule has 1 radical (unpaired) electrons. The Bertz CT molecular complexity index is 1430. The van der Waals surface area contributed by atoms with E-state index in [4.69, 9.17) is 0 Å². The van der Waals surface area contributed by atoms with Crippen molar-refractivity contribution in [1.82, 2.24) is 0 Å². The summed E-state index contributed by atoms with van der Waals surface area (Å²) in [4.78, 5) is 0. The number of rotatable bonds is 5. The number of hydrogen-bond donors (Lipinski definition) is 0. The van der Waals surface area contributed by atoms with Gasteiger partial charge in [0.25, 0.3) is 0 Å². The van der Waals surface area contributed by atoms with Gasteiger partial charge in [0.05, 0.1) is 0 Å². The second-order valence-electron chi connectivity index (χ2n) is 8.11. The van der Waals surface area contributed by atoms with Gasteiger partial charge in [-0.3, -0.25) is 0 Å². The number of benzene rings is 4. The van der Waals surface area contributed by atoms with Gasteiger partial charge in [0.15, 0.2) is 55.3 Å². The van der Waals surface area contributed by atoms with Gasteiger partial charge >= 0.3 is 0 Å². The van der Waals surface area contributed by atoms with Crippen LogP contribution in [-0.2, 0) is 12.9 Å². The van der Waals surface area contributed by atoms with Crippen molar-refractivity contribution in [1.29, 1.82) is 0 Å². The third-order valence-electron chi connectivity index (χ3n) is 5.58. The molecule has 5 aromatic rings. The van der Waals surface area contributed by atoms with Crippen molar-refractivity contribution in [3.63, 3.8) is 0 Å². The summed E-state index contributed by atoms with van der Waals surface area (Å²) in [6, 6.07) is 29.7. The van der Waals surface area contributed by atoms with E-state index in [1.165, 1.54) is 16.3 Å². The fourth-order valence-corrected chi connectivity index (χ4v) is 3.71. The summed E-state index contributed by atoms with van der Waals surface area (Å²) in [5.74, 6) is -9.64. The molecule has 1 aromatic heterocycles. The smallest absolute Gasteiger partial charge is 0.200 e. The highest BCUT2D eigenvalue weighted by Crippen LogP contribution is 2.16. The maximum atomic E-state index is 13.4. The van der Waals surface area contributed by atoms with Crippen LogP contribution >= 0.6 is 0 Å². The van der Waals surface area contributed by atoms with E-state index < -0.39 is 34.5 Å². The van der Waals surface area contributed by atoms with Gasteiger partial charge in [0.2, 0.25) is 0 Å². The molecule has 0 atom stereocenters. The molecule has 36 heavy (non-hydrogen) atoms. The minimum Gasteiger partial charge on any atom is -0.204 e. The third-order valence-corrected chi connectivity index (χ3v) is 5.58. The molecule has 1 nitrogen and oxygen atoms in total. The zero-order valence-corrected chi connectivity index (χ0v) is 19.1. The van der Waals surface area contributed by atoms with Crippen molar-refractivity contribution >= 4 is 23.5 Å². The molecule has 1 heterocycles. The summed E-state index contributed by atoms with van der Waals surface area (Å²) < 4.78 is 67.6. The minimum absolute atomic E-state index is 0.0686. The fourth-order valence-electron chi connectivity index (χ4n) is 3.71. The van der Waals surface area contributed by atoms with Crippen molar-refractivity contribution in [3.05, 3.63) is 144 Å². The molecule has 0 fully saturated rings. The van der Waals surface area contributed by atoms with Crippen LogP contribution < -0.4 is 10.0 Å². The Kier molecular flexibility index (Phi) is 8.11. The van der Waals surface area contributed by atoms with Crippen LogP contribution in [0.2, 0.25) is 0 Å². The number of aromatic nitrogens is 1. The zero-order chi connectivity index (χ0) is 25.5. The van der Waals surface area contributed by atoms with Crippen molar-refractivity contribution in [2.45, 2.75) is 12.9 Å². The van der Waals surface area contributed by atoms with Crippen molar-refractivity contribution in [2.75, 3.05) is 0 Å². The predicted octanol–water partition coefficient (Wildman–Crippen LogP) is 6.09. The van der Waals surface area contributed by atoms with Crippen LogP contribution in [0.4, 0.5) is 22.0 Å². The Morgan fingerprint density at radius 1 is 0.528 bits per heavy atom. The first-order valence-electron chi connectivity index (χ1n) is 11.2. The monoisotopic (exact) mass is 489 g/mol. The van der Waals surface area contributed by atoms with Crippen LogP contribution in [-0.4, -0.2) is 7.28 Å². The molecule has 0 N–H and O–H groups in total. The van der Waals surface area contributed by atoms with Gasteiger partial charge < -0.3 is 0 Å². The normalized spacial score (nSPS) is 10.6. The number of pyridine rings is 1. The molecule has 0 bridgehead atoms. The highest BCUT2D eigenvalue weighted by Gasteiger charge is 2.25.